The monoisotopic (exact) mass is 657 g/mol. The highest BCUT2D eigenvalue weighted by atomic mass is 35.5. The van der Waals surface area contributed by atoms with Crippen molar-refractivity contribution in [3.63, 3.8) is 0 Å². The van der Waals surface area contributed by atoms with Gasteiger partial charge in [-0.1, -0.05) is 47.1 Å². The Bertz CT molecular complexity index is 1640. The lowest BCUT2D eigenvalue weighted by Crippen LogP contribution is -2.37. The number of anilines is 1. The summed E-state index contributed by atoms with van der Waals surface area (Å²) in [5.41, 5.74) is -1.09. The van der Waals surface area contributed by atoms with E-state index in [2.05, 4.69) is 0 Å². The molecule has 1 atom stereocenters. The van der Waals surface area contributed by atoms with Gasteiger partial charge in [0, 0.05) is 28.6 Å². The molecule has 1 aromatic heterocycles. The van der Waals surface area contributed by atoms with Gasteiger partial charge in [0.2, 0.25) is 0 Å². The molecule has 1 saturated heterocycles. The highest BCUT2D eigenvalue weighted by Gasteiger charge is 2.39. The molecule has 0 bridgehead atoms. The van der Waals surface area contributed by atoms with Crippen LogP contribution in [0.3, 0.4) is 0 Å². The van der Waals surface area contributed by atoms with Crippen molar-refractivity contribution in [2.45, 2.75) is 40.6 Å². The molecule has 2 amide bonds. The van der Waals surface area contributed by atoms with Crippen LogP contribution in [-0.4, -0.2) is 46.1 Å². The van der Waals surface area contributed by atoms with Crippen molar-refractivity contribution in [1.29, 1.82) is 0 Å². The molecule has 2 N–H and O–H groups in total. The maximum Gasteiger partial charge on any atom is 0.414 e. The lowest BCUT2D eigenvalue weighted by Gasteiger charge is -2.26. The van der Waals surface area contributed by atoms with E-state index in [1.807, 2.05) is 4.98 Å². The van der Waals surface area contributed by atoms with Crippen molar-refractivity contribution >= 4 is 70.2 Å². The van der Waals surface area contributed by atoms with Gasteiger partial charge in [-0.15, -0.1) is 0 Å². The first-order chi connectivity index (χ1) is 19.8. The number of alkyl halides is 3. The summed E-state index contributed by atoms with van der Waals surface area (Å²) < 4.78 is 33.3. The first-order valence-corrected chi connectivity index (χ1v) is 14.4. The molecule has 2 aliphatic rings. The minimum absolute atomic E-state index is 0.118. The summed E-state index contributed by atoms with van der Waals surface area (Å²) in [6.45, 7) is 0.593. The summed E-state index contributed by atoms with van der Waals surface area (Å²) in [7, 11) is 0. The van der Waals surface area contributed by atoms with Crippen LogP contribution in [0.2, 0.25) is 10.0 Å². The average molecular weight is 659 g/mol. The number of carbonyl (C=O) groups excluding carboxylic acids is 2. The van der Waals surface area contributed by atoms with Gasteiger partial charge in [0.25, 0.3) is 11.5 Å². The largest absolute Gasteiger partial charge is 0.481 e. The van der Waals surface area contributed by atoms with Gasteiger partial charge < -0.3 is 19.7 Å². The number of pyridine rings is 1. The number of aromatic amines is 1. The summed E-state index contributed by atoms with van der Waals surface area (Å²) in [6, 6.07) is 9.32. The molecule has 15 heteroatoms. The van der Waals surface area contributed by atoms with E-state index >= 15 is 0 Å². The predicted octanol–water partition coefficient (Wildman–Crippen LogP) is 6.64. The van der Waals surface area contributed by atoms with Gasteiger partial charge in [0.1, 0.15) is 11.3 Å². The minimum atomic E-state index is -3.97. The third-order valence-electron chi connectivity index (χ3n) is 6.76. The van der Waals surface area contributed by atoms with Crippen molar-refractivity contribution in [3.05, 3.63) is 85.2 Å². The molecule has 0 saturated carbocycles. The van der Waals surface area contributed by atoms with Gasteiger partial charge >= 0.3 is 17.4 Å². The number of nitrogens with one attached hydrogen (secondary N) is 1. The third-order valence-corrected chi connectivity index (χ3v) is 9.01. The van der Waals surface area contributed by atoms with E-state index in [0.717, 1.165) is 17.8 Å². The lowest BCUT2D eigenvalue weighted by molar-refractivity contribution is -0.138. The Balaban J connectivity index is 1.58. The van der Waals surface area contributed by atoms with E-state index in [9.17, 15) is 33.1 Å². The topological polar surface area (TPSA) is 120 Å². The summed E-state index contributed by atoms with van der Waals surface area (Å²) >= 11 is 18.5. The Morgan fingerprint density at radius 2 is 1.86 bits per heavy atom. The molecule has 0 radical (unpaired) electrons. The van der Waals surface area contributed by atoms with Crippen LogP contribution < -0.4 is 10.5 Å². The molecule has 5 rings (SSSR count). The Labute approximate surface area is 256 Å². The summed E-state index contributed by atoms with van der Waals surface area (Å²) in [4.78, 5) is 55.9. The zero-order chi connectivity index (χ0) is 30.3. The van der Waals surface area contributed by atoms with E-state index in [0.29, 0.717) is 36.4 Å². The van der Waals surface area contributed by atoms with Crippen LogP contribution in [0.25, 0.3) is 0 Å². The normalized spacial score (nSPS) is 16.8. The maximum absolute atomic E-state index is 14.1. The molecule has 2 aliphatic heterocycles. The fraction of sp³-hybridized carbons (Fsp3) is 0.259. The van der Waals surface area contributed by atoms with Gasteiger partial charge in [-0.2, -0.15) is 8.78 Å². The number of rotatable bonds is 7. The van der Waals surface area contributed by atoms with Crippen LogP contribution >= 0.6 is 46.6 Å². The third kappa shape index (κ3) is 5.94. The SMILES string of the molecule is O=C(O)CC1c2ccc(N3CCCOC3=O)cc2CN1C(=O)c1c(Sc2c(Cl)cccc2Cl)cc(C(F)(F)Cl)[nH]c1=O. The molecule has 9 nitrogen and oxygen atoms in total. The summed E-state index contributed by atoms with van der Waals surface area (Å²) in [5, 5.41) is 5.97. The summed E-state index contributed by atoms with van der Waals surface area (Å²) in [6.07, 6.45) is -0.416. The van der Waals surface area contributed by atoms with Crippen molar-refractivity contribution in [3.8, 4) is 0 Å². The first-order valence-electron chi connectivity index (χ1n) is 12.4. The standard InChI is InChI=1S/C27H20Cl3F2N3O6S/c28-16-3-1-4-17(29)23(16)42-19-11-20(27(30,31)32)33-24(38)22(19)25(39)35-12-13-9-14(34-7-2-8-41-26(34)40)5-6-15(13)18(35)10-21(36)37/h1,3-6,9,11,18H,2,7-8,10,12H2,(H,33,38)(H,36,37). The molecule has 42 heavy (non-hydrogen) atoms. The molecule has 3 aromatic rings. The van der Waals surface area contributed by atoms with E-state index in [-0.39, 0.29) is 26.4 Å². The van der Waals surface area contributed by atoms with E-state index < -0.39 is 52.6 Å². The number of ether oxygens (including phenoxy) is 1. The Morgan fingerprint density at radius 3 is 2.50 bits per heavy atom. The molecule has 3 heterocycles. The smallest absolute Gasteiger partial charge is 0.414 e. The minimum Gasteiger partial charge on any atom is -0.481 e. The lowest BCUT2D eigenvalue weighted by atomic mass is 10.0. The number of aliphatic carboxylic acids is 1. The number of carbonyl (C=O) groups is 3. The number of nitrogens with zero attached hydrogens (tertiary/aromatic N) is 2. The van der Waals surface area contributed by atoms with Crippen molar-refractivity contribution < 1.29 is 33.0 Å². The second kappa shape index (κ2) is 11.8. The molecule has 220 valence electrons. The number of fused-ring (bicyclic) bond motifs is 1. The number of amides is 2. The molecule has 0 aliphatic carbocycles. The van der Waals surface area contributed by atoms with Crippen LogP contribution in [0, 0.1) is 0 Å². The molecule has 1 fully saturated rings. The van der Waals surface area contributed by atoms with E-state index in [1.54, 1.807) is 24.3 Å². The Morgan fingerprint density at radius 1 is 1.14 bits per heavy atom. The average Bonchev–Trinajstić information content (AvgIpc) is 3.27. The van der Waals surface area contributed by atoms with Crippen LogP contribution in [0.1, 0.15) is 46.1 Å². The second-order valence-electron chi connectivity index (χ2n) is 9.45. The number of H-pyrrole nitrogens is 1. The zero-order valence-corrected chi connectivity index (χ0v) is 24.4. The van der Waals surface area contributed by atoms with Crippen LogP contribution in [0.5, 0.6) is 0 Å². The fourth-order valence-corrected chi connectivity index (χ4v) is 6.61. The molecular weight excluding hydrogens is 639 g/mol. The molecule has 0 spiro atoms. The van der Waals surface area contributed by atoms with Crippen molar-refractivity contribution in [2.75, 3.05) is 18.1 Å². The van der Waals surface area contributed by atoms with Crippen molar-refractivity contribution in [1.82, 2.24) is 9.88 Å². The molecule has 1 unspecified atom stereocenters. The Hall–Kier alpha value is -3.32. The van der Waals surface area contributed by atoms with E-state index in [1.165, 1.54) is 21.9 Å². The van der Waals surface area contributed by atoms with Crippen LogP contribution in [-0.2, 0) is 21.5 Å². The summed E-state index contributed by atoms with van der Waals surface area (Å²) in [5.74, 6) is -2.12. The highest BCUT2D eigenvalue weighted by molar-refractivity contribution is 7.99. The number of hydrogen-bond donors (Lipinski definition) is 2. The van der Waals surface area contributed by atoms with Gasteiger partial charge in [-0.05, 0) is 59.5 Å². The van der Waals surface area contributed by atoms with E-state index in [4.69, 9.17) is 39.5 Å². The number of aromatic nitrogens is 1. The molecule has 2 aromatic carbocycles. The van der Waals surface area contributed by atoms with Gasteiger partial charge in [-0.3, -0.25) is 19.3 Å². The quantitative estimate of drug-likeness (QED) is 0.273. The molecular formula is C27H20Cl3F2N3O6S. The number of halogens is 5. The first kappa shape index (κ1) is 30.1. The Kier molecular flexibility index (Phi) is 8.44. The van der Waals surface area contributed by atoms with Crippen LogP contribution in [0.4, 0.5) is 19.3 Å². The number of carboxylic acid groups (broad SMARTS) is 1. The van der Waals surface area contributed by atoms with Gasteiger partial charge in [0.05, 0.1) is 29.1 Å². The number of carboxylic acids is 1. The van der Waals surface area contributed by atoms with Gasteiger partial charge in [-0.25, -0.2) is 4.79 Å². The fourth-order valence-electron chi connectivity index (χ4n) is 4.87. The predicted molar refractivity (Wildman–Crippen MR) is 152 cm³/mol. The maximum atomic E-state index is 14.1. The number of benzene rings is 2. The zero-order valence-electron chi connectivity index (χ0n) is 21.3. The highest BCUT2D eigenvalue weighted by Crippen LogP contribution is 2.43. The van der Waals surface area contributed by atoms with Crippen LogP contribution in [0.15, 0.2) is 57.1 Å². The van der Waals surface area contributed by atoms with Gasteiger partial charge in [0.15, 0.2) is 0 Å². The number of cyclic esters (lactones) is 1. The second-order valence-corrected chi connectivity index (χ2v) is 11.8. The number of hydrogen-bond acceptors (Lipinski definition) is 6. The van der Waals surface area contributed by atoms with Crippen molar-refractivity contribution in [2.24, 2.45) is 0 Å².